The van der Waals surface area contributed by atoms with Gasteiger partial charge < -0.3 is 19.4 Å². The Kier molecular flexibility index (Phi) is 6.38. The van der Waals surface area contributed by atoms with Gasteiger partial charge in [0, 0.05) is 27.3 Å². The maximum absolute atomic E-state index is 11.9. The highest BCUT2D eigenvalue weighted by molar-refractivity contribution is 6.32. The molecule has 106 valence electrons. The van der Waals surface area contributed by atoms with E-state index in [2.05, 4.69) is 5.32 Å². The lowest BCUT2D eigenvalue weighted by atomic mass is 10.3. The van der Waals surface area contributed by atoms with Gasteiger partial charge in [0.2, 0.25) is 11.1 Å². The number of carbonyl (C=O) groups is 2. The molecule has 0 radical (unpaired) electrons. The van der Waals surface area contributed by atoms with Crippen LogP contribution < -0.4 is 5.32 Å². The van der Waals surface area contributed by atoms with Crippen molar-refractivity contribution in [2.24, 2.45) is 0 Å². The van der Waals surface area contributed by atoms with Gasteiger partial charge in [0.15, 0.2) is 0 Å². The monoisotopic (exact) mass is 288 g/mol. The van der Waals surface area contributed by atoms with Crippen molar-refractivity contribution in [3.8, 4) is 0 Å². The number of amides is 2. The van der Waals surface area contributed by atoms with Crippen molar-refractivity contribution in [3.05, 3.63) is 23.1 Å². The number of halogens is 1. The van der Waals surface area contributed by atoms with Gasteiger partial charge in [0.25, 0.3) is 5.91 Å². The van der Waals surface area contributed by atoms with Crippen LogP contribution in [0.2, 0.25) is 5.22 Å². The van der Waals surface area contributed by atoms with Gasteiger partial charge in [-0.1, -0.05) is 0 Å². The van der Waals surface area contributed by atoms with Crippen LogP contribution in [0.3, 0.4) is 0 Å². The first-order valence-corrected chi connectivity index (χ1v) is 6.18. The molecular formula is C12H17ClN2O4. The second kappa shape index (κ2) is 7.81. The topological polar surface area (TPSA) is 71.8 Å². The van der Waals surface area contributed by atoms with Gasteiger partial charge >= 0.3 is 0 Å². The van der Waals surface area contributed by atoms with Crippen LogP contribution in [0.15, 0.2) is 16.7 Å². The Morgan fingerprint density at radius 1 is 1.53 bits per heavy atom. The van der Waals surface area contributed by atoms with E-state index in [4.69, 9.17) is 20.8 Å². The van der Waals surface area contributed by atoms with Gasteiger partial charge in [-0.3, -0.25) is 9.59 Å². The molecule has 0 aliphatic carbocycles. The molecule has 6 nitrogen and oxygen atoms in total. The third kappa shape index (κ3) is 4.92. The first-order chi connectivity index (χ1) is 9.06. The van der Waals surface area contributed by atoms with Gasteiger partial charge in [-0.05, 0) is 24.1 Å². The van der Waals surface area contributed by atoms with Crippen LogP contribution in [0.1, 0.15) is 16.8 Å². The Hall–Kier alpha value is -1.53. The summed E-state index contributed by atoms with van der Waals surface area (Å²) in [5.74, 6) is -0.586. The molecule has 0 atom stereocenters. The highest BCUT2D eigenvalue weighted by Crippen LogP contribution is 2.17. The summed E-state index contributed by atoms with van der Waals surface area (Å²) in [6.07, 6.45) is 2.06. The van der Waals surface area contributed by atoms with Crippen LogP contribution in [0.25, 0.3) is 0 Å². The van der Waals surface area contributed by atoms with Crippen molar-refractivity contribution in [3.63, 3.8) is 0 Å². The molecule has 7 heteroatoms. The number of ether oxygens (including phenoxy) is 1. The largest absolute Gasteiger partial charge is 0.452 e. The minimum Gasteiger partial charge on any atom is -0.452 e. The fourth-order valence-corrected chi connectivity index (χ4v) is 1.63. The average Bonchev–Trinajstić information content (AvgIpc) is 2.80. The van der Waals surface area contributed by atoms with Crippen molar-refractivity contribution in [1.82, 2.24) is 10.2 Å². The van der Waals surface area contributed by atoms with Crippen LogP contribution in [0.4, 0.5) is 0 Å². The highest BCUT2D eigenvalue weighted by atomic mass is 35.5. The van der Waals surface area contributed by atoms with E-state index in [-0.39, 0.29) is 29.1 Å². The van der Waals surface area contributed by atoms with Crippen LogP contribution in [0.5, 0.6) is 0 Å². The van der Waals surface area contributed by atoms with Gasteiger partial charge in [-0.15, -0.1) is 0 Å². The Bertz CT molecular complexity index is 433. The van der Waals surface area contributed by atoms with Gasteiger partial charge in [-0.2, -0.15) is 0 Å². The summed E-state index contributed by atoms with van der Waals surface area (Å²) >= 11 is 5.71. The van der Waals surface area contributed by atoms with E-state index in [1.165, 1.54) is 24.3 Å². The fraction of sp³-hybridized carbons (Fsp3) is 0.500. The standard InChI is InChI=1S/C12H17ClN2O4/c1-15(8-10(16)14-5-3-6-18-2)12(17)9-4-7-19-11(9)13/h4,7H,3,5-6,8H2,1-2H3,(H,14,16). The molecule has 1 heterocycles. The van der Waals surface area contributed by atoms with Crippen LogP contribution in [-0.2, 0) is 9.53 Å². The van der Waals surface area contributed by atoms with Crippen molar-refractivity contribution in [1.29, 1.82) is 0 Å². The van der Waals surface area contributed by atoms with E-state index in [0.717, 1.165) is 6.42 Å². The van der Waals surface area contributed by atoms with E-state index < -0.39 is 0 Å². The van der Waals surface area contributed by atoms with Gasteiger partial charge in [0.1, 0.15) is 0 Å². The molecule has 1 aromatic rings. The SMILES string of the molecule is COCCCNC(=O)CN(C)C(=O)c1ccoc1Cl. The van der Waals surface area contributed by atoms with Crippen LogP contribution >= 0.6 is 11.6 Å². The first-order valence-electron chi connectivity index (χ1n) is 5.80. The molecule has 0 aliphatic rings. The Morgan fingerprint density at radius 2 is 2.26 bits per heavy atom. The molecule has 0 aromatic carbocycles. The summed E-state index contributed by atoms with van der Waals surface area (Å²) in [6.45, 7) is 1.06. The second-order valence-electron chi connectivity index (χ2n) is 3.97. The predicted octanol–water partition coefficient (Wildman–Crippen LogP) is 1.16. The summed E-state index contributed by atoms with van der Waals surface area (Å²) in [7, 11) is 3.13. The lowest BCUT2D eigenvalue weighted by molar-refractivity contribution is -0.121. The molecule has 0 unspecified atom stereocenters. The number of hydrogen-bond donors (Lipinski definition) is 1. The zero-order valence-electron chi connectivity index (χ0n) is 10.9. The van der Waals surface area contributed by atoms with Crippen molar-refractivity contribution in [2.75, 3.05) is 33.9 Å². The molecule has 0 fully saturated rings. The maximum atomic E-state index is 11.9. The first kappa shape index (κ1) is 15.5. The molecule has 1 rings (SSSR count). The van der Waals surface area contributed by atoms with Gasteiger partial charge in [-0.25, -0.2) is 0 Å². The number of hydrogen-bond acceptors (Lipinski definition) is 4. The normalized spacial score (nSPS) is 10.3. The number of nitrogens with one attached hydrogen (secondary N) is 1. The lowest BCUT2D eigenvalue weighted by Gasteiger charge is -2.16. The maximum Gasteiger partial charge on any atom is 0.258 e. The molecule has 0 aliphatic heterocycles. The van der Waals surface area contributed by atoms with Crippen LogP contribution in [-0.4, -0.2) is 50.6 Å². The van der Waals surface area contributed by atoms with Crippen LogP contribution in [0, 0.1) is 0 Å². The molecule has 0 bridgehead atoms. The smallest absolute Gasteiger partial charge is 0.258 e. The second-order valence-corrected chi connectivity index (χ2v) is 4.31. The summed E-state index contributed by atoms with van der Waals surface area (Å²) in [6, 6.07) is 1.47. The molecule has 1 aromatic heterocycles. The molecular weight excluding hydrogens is 272 g/mol. The predicted molar refractivity (Wildman–Crippen MR) is 70.2 cm³/mol. The highest BCUT2D eigenvalue weighted by Gasteiger charge is 2.19. The minimum absolute atomic E-state index is 0.0253. The summed E-state index contributed by atoms with van der Waals surface area (Å²) in [4.78, 5) is 24.8. The van der Waals surface area contributed by atoms with Crippen molar-refractivity contribution >= 4 is 23.4 Å². The number of rotatable bonds is 7. The molecule has 1 N–H and O–H groups in total. The summed E-state index contributed by atoms with van der Waals surface area (Å²) in [5.41, 5.74) is 0.247. The fourth-order valence-electron chi connectivity index (χ4n) is 1.44. The molecule has 2 amide bonds. The van der Waals surface area contributed by atoms with E-state index in [1.54, 1.807) is 7.11 Å². The number of nitrogens with zero attached hydrogens (tertiary/aromatic N) is 1. The zero-order valence-corrected chi connectivity index (χ0v) is 11.7. The van der Waals surface area contributed by atoms with E-state index in [9.17, 15) is 9.59 Å². The van der Waals surface area contributed by atoms with E-state index in [1.807, 2.05) is 0 Å². The Labute approximate surface area is 116 Å². The zero-order chi connectivity index (χ0) is 14.3. The van der Waals surface area contributed by atoms with E-state index >= 15 is 0 Å². The Morgan fingerprint density at radius 3 is 2.84 bits per heavy atom. The summed E-state index contributed by atoms with van der Waals surface area (Å²) < 4.78 is 9.70. The lowest BCUT2D eigenvalue weighted by Crippen LogP contribution is -2.38. The number of furan rings is 1. The number of carbonyl (C=O) groups excluding carboxylic acids is 2. The molecule has 0 saturated carbocycles. The number of likely N-dealkylation sites (N-methyl/N-ethyl adjacent to an activating group) is 1. The van der Waals surface area contributed by atoms with Crippen molar-refractivity contribution < 1.29 is 18.7 Å². The molecule has 0 saturated heterocycles. The van der Waals surface area contributed by atoms with E-state index in [0.29, 0.717) is 13.2 Å². The minimum atomic E-state index is -0.356. The molecule has 19 heavy (non-hydrogen) atoms. The van der Waals surface area contributed by atoms with Gasteiger partial charge in [0.05, 0.1) is 18.4 Å². The van der Waals surface area contributed by atoms with Crippen molar-refractivity contribution in [2.45, 2.75) is 6.42 Å². The third-order valence-electron chi connectivity index (χ3n) is 2.42. The summed E-state index contributed by atoms with van der Waals surface area (Å²) in [5, 5.41) is 2.72. The third-order valence-corrected chi connectivity index (χ3v) is 2.72. The average molecular weight is 289 g/mol. The quantitative estimate of drug-likeness (QED) is 0.764. The Balaban J connectivity index is 2.38. The number of methoxy groups -OCH3 is 1. The molecule has 0 spiro atoms.